The number of hydrogen-bond acceptors (Lipinski definition) is 3. The van der Waals surface area contributed by atoms with E-state index in [1.807, 2.05) is 12.1 Å². The minimum Gasteiger partial charge on any atom is -0.497 e. The molecule has 0 radical (unpaired) electrons. The number of rotatable bonds is 9. The van der Waals surface area contributed by atoms with E-state index in [4.69, 9.17) is 9.47 Å². The number of benzene rings is 1. The molecule has 0 fully saturated rings. The highest BCUT2D eigenvalue weighted by Gasteiger charge is 2.06. The molecule has 0 aromatic heterocycles. The van der Waals surface area contributed by atoms with Crippen LogP contribution in [-0.4, -0.2) is 50.8 Å². The largest absolute Gasteiger partial charge is 0.497 e. The third-order valence-corrected chi connectivity index (χ3v) is 3.29. The van der Waals surface area contributed by atoms with Crippen LogP contribution < -0.4 is 10.1 Å². The third-order valence-electron chi connectivity index (χ3n) is 3.29. The second-order valence-corrected chi connectivity index (χ2v) is 5.71. The maximum absolute atomic E-state index is 5.55. The smallest absolute Gasteiger partial charge is 0.193 e. The van der Waals surface area contributed by atoms with Crippen molar-refractivity contribution in [3.8, 4) is 5.75 Å². The Morgan fingerprint density at radius 1 is 1.26 bits per heavy atom. The molecule has 0 aliphatic carbocycles. The standard InChI is InChI=1S/C18H31N3O2/c1-6-19-18(20-12-7-13-23-15(2)3)21(4)14-16-8-10-17(22-5)11-9-16/h8-11,15H,6-7,12-14H2,1-5H3,(H,19,20). The number of aliphatic imine (C=N–C) groups is 1. The topological polar surface area (TPSA) is 46.1 Å². The molecule has 23 heavy (non-hydrogen) atoms. The Bertz CT molecular complexity index is 458. The van der Waals surface area contributed by atoms with Crippen LogP contribution >= 0.6 is 0 Å². The van der Waals surface area contributed by atoms with E-state index in [1.54, 1.807) is 7.11 Å². The zero-order valence-corrected chi connectivity index (χ0v) is 15.1. The summed E-state index contributed by atoms with van der Waals surface area (Å²) in [5.74, 6) is 1.80. The van der Waals surface area contributed by atoms with Gasteiger partial charge in [-0.25, -0.2) is 0 Å². The summed E-state index contributed by atoms with van der Waals surface area (Å²) in [6.45, 7) is 9.36. The Morgan fingerprint density at radius 2 is 1.96 bits per heavy atom. The monoisotopic (exact) mass is 321 g/mol. The van der Waals surface area contributed by atoms with Crippen molar-refractivity contribution in [2.24, 2.45) is 4.99 Å². The second kappa shape index (κ2) is 10.9. The summed E-state index contributed by atoms with van der Waals surface area (Å²) in [6, 6.07) is 8.12. The van der Waals surface area contributed by atoms with Crippen LogP contribution in [0.1, 0.15) is 32.8 Å². The number of hydrogen-bond donors (Lipinski definition) is 1. The van der Waals surface area contributed by atoms with Gasteiger partial charge in [0.2, 0.25) is 0 Å². The molecule has 0 aliphatic heterocycles. The predicted octanol–water partition coefficient (Wildman–Crippen LogP) is 2.91. The van der Waals surface area contributed by atoms with Gasteiger partial charge in [-0.1, -0.05) is 12.1 Å². The Kier molecular flexibility index (Phi) is 9.14. The Hall–Kier alpha value is -1.75. The molecule has 0 unspecified atom stereocenters. The lowest BCUT2D eigenvalue weighted by molar-refractivity contribution is 0.0782. The van der Waals surface area contributed by atoms with Crippen LogP contribution in [0.3, 0.4) is 0 Å². The summed E-state index contributed by atoms with van der Waals surface area (Å²) < 4.78 is 10.7. The van der Waals surface area contributed by atoms with Crippen molar-refractivity contribution < 1.29 is 9.47 Å². The summed E-state index contributed by atoms with van der Waals surface area (Å²) in [6.07, 6.45) is 1.22. The van der Waals surface area contributed by atoms with Gasteiger partial charge in [0.1, 0.15) is 5.75 Å². The van der Waals surface area contributed by atoms with E-state index in [0.717, 1.165) is 44.4 Å². The van der Waals surface area contributed by atoms with Gasteiger partial charge >= 0.3 is 0 Å². The van der Waals surface area contributed by atoms with Crippen LogP contribution in [0.5, 0.6) is 5.75 Å². The highest BCUT2D eigenvalue weighted by molar-refractivity contribution is 5.79. The summed E-state index contributed by atoms with van der Waals surface area (Å²) >= 11 is 0. The Morgan fingerprint density at radius 3 is 2.52 bits per heavy atom. The van der Waals surface area contributed by atoms with E-state index in [2.05, 4.69) is 55.2 Å². The van der Waals surface area contributed by atoms with Crippen molar-refractivity contribution in [1.82, 2.24) is 10.2 Å². The fraction of sp³-hybridized carbons (Fsp3) is 0.611. The SMILES string of the molecule is CCNC(=NCCCOC(C)C)N(C)Cc1ccc(OC)cc1. The molecule has 1 aromatic rings. The molecule has 0 aliphatic rings. The van der Waals surface area contributed by atoms with Gasteiger partial charge in [-0.15, -0.1) is 0 Å². The summed E-state index contributed by atoms with van der Waals surface area (Å²) in [4.78, 5) is 6.80. The third kappa shape index (κ3) is 7.88. The molecular formula is C18H31N3O2. The van der Waals surface area contributed by atoms with E-state index in [9.17, 15) is 0 Å². The van der Waals surface area contributed by atoms with Gasteiger partial charge in [-0.2, -0.15) is 0 Å². The highest BCUT2D eigenvalue weighted by atomic mass is 16.5. The van der Waals surface area contributed by atoms with Crippen LogP contribution in [0.4, 0.5) is 0 Å². The average Bonchev–Trinajstić information content (AvgIpc) is 2.54. The van der Waals surface area contributed by atoms with Crippen LogP contribution in [0, 0.1) is 0 Å². The molecule has 0 amide bonds. The van der Waals surface area contributed by atoms with Gasteiger partial charge in [0, 0.05) is 33.3 Å². The summed E-state index contributed by atoms with van der Waals surface area (Å²) in [5, 5.41) is 3.34. The maximum Gasteiger partial charge on any atom is 0.193 e. The molecule has 5 nitrogen and oxygen atoms in total. The first-order chi connectivity index (χ1) is 11.1. The molecule has 5 heteroatoms. The lowest BCUT2D eigenvalue weighted by Gasteiger charge is -2.22. The lowest BCUT2D eigenvalue weighted by Crippen LogP contribution is -2.38. The first-order valence-corrected chi connectivity index (χ1v) is 8.30. The van der Waals surface area contributed by atoms with Gasteiger partial charge < -0.3 is 19.7 Å². The molecule has 0 spiro atoms. The minimum absolute atomic E-state index is 0.282. The molecular weight excluding hydrogens is 290 g/mol. The molecule has 0 saturated heterocycles. The van der Waals surface area contributed by atoms with Gasteiger partial charge in [0.15, 0.2) is 5.96 Å². The molecule has 1 aromatic carbocycles. The van der Waals surface area contributed by atoms with E-state index in [0.29, 0.717) is 0 Å². The van der Waals surface area contributed by atoms with Gasteiger partial charge in [0.25, 0.3) is 0 Å². The number of nitrogens with one attached hydrogen (secondary N) is 1. The molecule has 0 bridgehead atoms. The fourth-order valence-corrected chi connectivity index (χ4v) is 2.12. The molecule has 0 atom stereocenters. The normalized spacial score (nSPS) is 11.7. The van der Waals surface area contributed by atoms with Crippen molar-refractivity contribution in [2.45, 2.75) is 39.8 Å². The van der Waals surface area contributed by atoms with Crippen LogP contribution in [0.2, 0.25) is 0 Å². The van der Waals surface area contributed by atoms with Crippen molar-refractivity contribution in [3.63, 3.8) is 0 Å². The fourth-order valence-electron chi connectivity index (χ4n) is 2.12. The first-order valence-electron chi connectivity index (χ1n) is 8.30. The number of nitrogens with zero attached hydrogens (tertiary/aromatic N) is 2. The first kappa shape index (κ1) is 19.3. The van der Waals surface area contributed by atoms with Crippen molar-refractivity contribution in [3.05, 3.63) is 29.8 Å². The van der Waals surface area contributed by atoms with Crippen molar-refractivity contribution in [2.75, 3.05) is 33.9 Å². The van der Waals surface area contributed by atoms with E-state index < -0.39 is 0 Å². The molecule has 0 heterocycles. The van der Waals surface area contributed by atoms with Gasteiger partial charge in [-0.05, 0) is 44.9 Å². The van der Waals surface area contributed by atoms with E-state index in [1.165, 1.54) is 5.56 Å². The van der Waals surface area contributed by atoms with Crippen LogP contribution in [0.15, 0.2) is 29.3 Å². The zero-order valence-electron chi connectivity index (χ0n) is 15.1. The van der Waals surface area contributed by atoms with E-state index >= 15 is 0 Å². The number of methoxy groups -OCH3 is 1. The van der Waals surface area contributed by atoms with Gasteiger partial charge in [0.05, 0.1) is 13.2 Å². The Balaban J connectivity index is 2.53. The molecule has 130 valence electrons. The molecule has 1 rings (SSSR count). The highest BCUT2D eigenvalue weighted by Crippen LogP contribution is 2.12. The number of guanidine groups is 1. The molecule has 1 N–H and O–H groups in total. The predicted molar refractivity (Wildman–Crippen MR) is 96.1 cm³/mol. The second-order valence-electron chi connectivity index (χ2n) is 5.71. The summed E-state index contributed by atoms with van der Waals surface area (Å²) in [7, 11) is 3.73. The Labute approximate surface area is 140 Å². The summed E-state index contributed by atoms with van der Waals surface area (Å²) in [5.41, 5.74) is 1.22. The van der Waals surface area contributed by atoms with Crippen molar-refractivity contribution in [1.29, 1.82) is 0 Å². The average molecular weight is 321 g/mol. The lowest BCUT2D eigenvalue weighted by atomic mass is 10.2. The maximum atomic E-state index is 5.55. The minimum atomic E-state index is 0.282. The van der Waals surface area contributed by atoms with E-state index in [-0.39, 0.29) is 6.10 Å². The zero-order chi connectivity index (χ0) is 17.1. The van der Waals surface area contributed by atoms with Crippen LogP contribution in [0.25, 0.3) is 0 Å². The molecule has 0 saturated carbocycles. The van der Waals surface area contributed by atoms with Crippen LogP contribution in [-0.2, 0) is 11.3 Å². The van der Waals surface area contributed by atoms with Gasteiger partial charge in [-0.3, -0.25) is 4.99 Å². The van der Waals surface area contributed by atoms with Crippen molar-refractivity contribution >= 4 is 5.96 Å². The number of ether oxygens (including phenoxy) is 2. The quantitative estimate of drug-likeness (QED) is 0.431.